The number of amides is 1. The number of rotatable bonds is 5. The van der Waals surface area contributed by atoms with Gasteiger partial charge in [0.05, 0.1) is 13.5 Å². The molecule has 1 saturated heterocycles. The van der Waals surface area contributed by atoms with Crippen molar-refractivity contribution >= 4 is 11.7 Å². The molecule has 0 aromatic heterocycles. The van der Waals surface area contributed by atoms with Gasteiger partial charge < -0.3 is 9.64 Å². The number of carbonyl (C=O) groups is 2. The molecule has 0 spiro atoms. The van der Waals surface area contributed by atoms with E-state index in [1.165, 1.54) is 0 Å². The molecule has 0 bridgehead atoms. The number of Topliss-reactive ketones (excluding diaryl/α,β-unsaturated/α-hetero) is 1. The lowest BCUT2D eigenvalue weighted by Gasteiger charge is -2.31. The molecule has 0 atom stereocenters. The molecule has 3 rings (SSSR count). The number of piperidine rings is 1. The van der Waals surface area contributed by atoms with Crippen LogP contribution in [0.15, 0.2) is 48.5 Å². The average molecular weight is 351 g/mol. The molecule has 0 N–H and O–H groups in total. The lowest BCUT2D eigenvalue weighted by Crippen LogP contribution is -2.41. The predicted octanol–water partition coefficient (Wildman–Crippen LogP) is 3.67. The van der Waals surface area contributed by atoms with Crippen molar-refractivity contribution in [1.29, 1.82) is 0 Å². The second-order valence-electron chi connectivity index (χ2n) is 6.87. The smallest absolute Gasteiger partial charge is 0.226 e. The number of benzene rings is 2. The zero-order chi connectivity index (χ0) is 18.5. The van der Waals surface area contributed by atoms with Gasteiger partial charge in [0, 0.05) is 24.6 Å². The number of ketones is 1. The van der Waals surface area contributed by atoms with Gasteiger partial charge in [0.25, 0.3) is 0 Å². The molecule has 1 aliphatic rings. The summed E-state index contributed by atoms with van der Waals surface area (Å²) < 4.78 is 5.26. The summed E-state index contributed by atoms with van der Waals surface area (Å²) in [6, 6.07) is 15.4. The summed E-state index contributed by atoms with van der Waals surface area (Å²) in [5, 5.41) is 0. The predicted molar refractivity (Wildman–Crippen MR) is 102 cm³/mol. The Morgan fingerprint density at radius 1 is 1.08 bits per heavy atom. The summed E-state index contributed by atoms with van der Waals surface area (Å²) >= 11 is 0. The van der Waals surface area contributed by atoms with E-state index in [0.29, 0.717) is 19.5 Å². The second-order valence-corrected chi connectivity index (χ2v) is 6.87. The molecule has 4 nitrogen and oxygen atoms in total. The Bertz CT molecular complexity index is 777. The maximum absolute atomic E-state index is 12.8. The maximum Gasteiger partial charge on any atom is 0.226 e. The highest BCUT2D eigenvalue weighted by atomic mass is 16.5. The van der Waals surface area contributed by atoms with Crippen LogP contribution < -0.4 is 4.74 Å². The summed E-state index contributed by atoms with van der Waals surface area (Å²) in [5.41, 5.74) is 2.73. The first-order valence-corrected chi connectivity index (χ1v) is 9.09. The molecule has 4 heteroatoms. The minimum atomic E-state index is -0.0106. The van der Waals surface area contributed by atoms with Crippen LogP contribution in [0.2, 0.25) is 0 Å². The molecule has 0 saturated carbocycles. The molecule has 0 aliphatic carbocycles. The number of likely N-dealkylation sites (tertiary alicyclic amines) is 1. The van der Waals surface area contributed by atoms with Crippen molar-refractivity contribution in [3.8, 4) is 5.75 Å². The lowest BCUT2D eigenvalue weighted by atomic mass is 9.88. The number of carbonyl (C=O) groups excluding carboxylic acids is 2. The Balaban J connectivity index is 1.57. The summed E-state index contributed by atoms with van der Waals surface area (Å²) in [6.07, 6.45) is 1.88. The van der Waals surface area contributed by atoms with Crippen LogP contribution in [0.4, 0.5) is 0 Å². The highest BCUT2D eigenvalue weighted by Crippen LogP contribution is 2.25. The van der Waals surface area contributed by atoms with Crippen molar-refractivity contribution in [2.45, 2.75) is 26.2 Å². The van der Waals surface area contributed by atoms with E-state index >= 15 is 0 Å². The molecular formula is C22H25NO3. The quantitative estimate of drug-likeness (QED) is 0.772. The van der Waals surface area contributed by atoms with Crippen LogP contribution in [0.3, 0.4) is 0 Å². The van der Waals surface area contributed by atoms with Crippen molar-refractivity contribution in [3.63, 3.8) is 0 Å². The third kappa shape index (κ3) is 4.13. The molecular weight excluding hydrogens is 326 g/mol. The molecule has 2 aromatic rings. The van der Waals surface area contributed by atoms with Crippen molar-refractivity contribution in [3.05, 3.63) is 65.2 Å². The normalized spacial score (nSPS) is 14.9. The fourth-order valence-corrected chi connectivity index (χ4v) is 3.54. The number of hydrogen-bond acceptors (Lipinski definition) is 3. The molecule has 0 radical (unpaired) electrons. The Kier molecular flexibility index (Phi) is 5.71. The van der Waals surface area contributed by atoms with E-state index in [-0.39, 0.29) is 17.6 Å². The van der Waals surface area contributed by atoms with Crippen molar-refractivity contribution in [2.24, 2.45) is 5.92 Å². The van der Waals surface area contributed by atoms with E-state index in [1.807, 2.05) is 60.4 Å². The summed E-state index contributed by atoms with van der Waals surface area (Å²) in [7, 11) is 1.63. The van der Waals surface area contributed by atoms with Gasteiger partial charge in [-0.3, -0.25) is 9.59 Å². The van der Waals surface area contributed by atoms with E-state index in [0.717, 1.165) is 35.3 Å². The van der Waals surface area contributed by atoms with Gasteiger partial charge >= 0.3 is 0 Å². The summed E-state index contributed by atoms with van der Waals surface area (Å²) in [5.74, 6) is 1.10. The van der Waals surface area contributed by atoms with Gasteiger partial charge in [0.1, 0.15) is 5.75 Å². The van der Waals surface area contributed by atoms with Gasteiger partial charge in [-0.1, -0.05) is 30.3 Å². The summed E-state index contributed by atoms with van der Waals surface area (Å²) in [6.45, 7) is 3.24. The number of methoxy groups -OCH3 is 1. The SMILES string of the molecule is COc1ccc(C(=O)C2CCN(C(=O)Cc3ccccc3)CC2)cc1C. The summed E-state index contributed by atoms with van der Waals surface area (Å²) in [4.78, 5) is 27.1. The van der Waals surface area contributed by atoms with Gasteiger partial charge in [-0.05, 0) is 49.1 Å². The largest absolute Gasteiger partial charge is 0.496 e. The van der Waals surface area contributed by atoms with Crippen LogP contribution in [-0.4, -0.2) is 36.8 Å². The third-order valence-corrected chi connectivity index (χ3v) is 5.10. The highest BCUT2D eigenvalue weighted by Gasteiger charge is 2.28. The Hall–Kier alpha value is -2.62. The number of hydrogen-bond donors (Lipinski definition) is 0. The van der Waals surface area contributed by atoms with E-state index in [1.54, 1.807) is 7.11 Å². The molecule has 1 aliphatic heterocycles. The first-order valence-electron chi connectivity index (χ1n) is 9.09. The van der Waals surface area contributed by atoms with Crippen LogP contribution in [0.5, 0.6) is 5.75 Å². The molecule has 2 aromatic carbocycles. The van der Waals surface area contributed by atoms with Gasteiger partial charge in [-0.25, -0.2) is 0 Å². The lowest BCUT2D eigenvalue weighted by molar-refractivity contribution is -0.131. The number of aryl methyl sites for hydroxylation is 1. The zero-order valence-corrected chi connectivity index (χ0v) is 15.4. The van der Waals surface area contributed by atoms with E-state index in [9.17, 15) is 9.59 Å². The van der Waals surface area contributed by atoms with Crippen LogP contribution in [0.1, 0.15) is 34.3 Å². The third-order valence-electron chi connectivity index (χ3n) is 5.10. The van der Waals surface area contributed by atoms with Crippen LogP contribution >= 0.6 is 0 Å². The van der Waals surface area contributed by atoms with Gasteiger partial charge in [-0.2, -0.15) is 0 Å². The number of nitrogens with zero attached hydrogens (tertiary/aromatic N) is 1. The molecule has 1 heterocycles. The molecule has 1 amide bonds. The Morgan fingerprint density at radius 2 is 1.77 bits per heavy atom. The van der Waals surface area contributed by atoms with E-state index in [4.69, 9.17) is 4.74 Å². The first kappa shape index (κ1) is 18.2. The Morgan fingerprint density at radius 3 is 2.38 bits per heavy atom. The molecule has 1 fully saturated rings. The highest BCUT2D eigenvalue weighted by molar-refractivity contribution is 5.98. The van der Waals surface area contributed by atoms with Gasteiger partial charge in [0.15, 0.2) is 5.78 Å². The average Bonchev–Trinajstić information content (AvgIpc) is 2.68. The molecule has 26 heavy (non-hydrogen) atoms. The van der Waals surface area contributed by atoms with Crippen molar-refractivity contribution < 1.29 is 14.3 Å². The van der Waals surface area contributed by atoms with Crippen LogP contribution in [0, 0.1) is 12.8 Å². The maximum atomic E-state index is 12.8. The molecule has 136 valence electrons. The zero-order valence-electron chi connectivity index (χ0n) is 15.4. The standard InChI is InChI=1S/C22H25NO3/c1-16-14-19(8-9-20(16)26-2)22(25)18-10-12-23(13-11-18)21(24)15-17-6-4-3-5-7-17/h3-9,14,18H,10-13,15H2,1-2H3. The van der Waals surface area contributed by atoms with Gasteiger partial charge in [-0.15, -0.1) is 0 Å². The minimum absolute atomic E-state index is 0.0106. The monoisotopic (exact) mass is 351 g/mol. The first-order chi connectivity index (χ1) is 12.6. The van der Waals surface area contributed by atoms with Crippen LogP contribution in [-0.2, 0) is 11.2 Å². The number of ether oxygens (including phenoxy) is 1. The van der Waals surface area contributed by atoms with Gasteiger partial charge in [0.2, 0.25) is 5.91 Å². The minimum Gasteiger partial charge on any atom is -0.496 e. The molecule has 0 unspecified atom stereocenters. The Labute approximate surface area is 154 Å². The fraction of sp³-hybridized carbons (Fsp3) is 0.364. The topological polar surface area (TPSA) is 46.6 Å². The van der Waals surface area contributed by atoms with Crippen molar-refractivity contribution in [1.82, 2.24) is 4.90 Å². The van der Waals surface area contributed by atoms with E-state index < -0.39 is 0 Å². The fourth-order valence-electron chi connectivity index (χ4n) is 3.54. The van der Waals surface area contributed by atoms with Crippen LogP contribution in [0.25, 0.3) is 0 Å². The second kappa shape index (κ2) is 8.17. The van der Waals surface area contributed by atoms with Crippen molar-refractivity contribution in [2.75, 3.05) is 20.2 Å². The van der Waals surface area contributed by atoms with E-state index in [2.05, 4.69) is 0 Å².